The fourth-order valence-electron chi connectivity index (χ4n) is 2.05. The van der Waals surface area contributed by atoms with Gasteiger partial charge in [-0.05, 0) is 12.1 Å². The summed E-state index contributed by atoms with van der Waals surface area (Å²) in [4.78, 5) is 12.9. The predicted octanol–water partition coefficient (Wildman–Crippen LogP) is 2.32. The van der Waals surface area contributed by atoms with E-state index >= 15 is 0 Å². The number of nitrogens with zero attached hydrogens (tertiary/aromatic N) is 4. The van der Waals surface area contributed by atoms with Gasteiger partial charge in [0.15, 0.2) is 11.3 Å². The second-order valence-corrected chi connectivity index (χ2v) is 5.32. The lowest BCUT2D eigenvalue weighted by Crippen LogP contribution is -2.02. The number of benzene rings is 2. The molecule has 4 rings (SSSR count). The van der Waals surface area contributed by atoms with E-state index in [-0.39, 0.29) is 5.43 Å². The Morgan fingerprint density at radius 1 is 1.00 bits per heavy atom. The highest BCUT2D eigenvalue weighted by Gasteiger charge is 2.13. The second-order valence-electron chi connectivity index (χ2n) is 4.32. The summed E-state index contributed by atoms with van der Waals surface area (Å²) in [6.07, 6.45) is 0. The summed E-state index contributed by atoms with van der Waals surface area (Å²) in [5.74, 6) is 0.699. The Hall–Kier alpha value is -2.60. The molecule has 6 heteroatoms. The SMILES string of the molecule is O=c1ccc2nn3c(-c4ccccc4)nnc3sc-2c1. The lowest BCUT2D eigenvalue weighted by Gasteiger charge is -2.04. The molecular formula is C14H8N4OS. The number of fused-ring (bicyclic) bond motifs is 2. The van der Waals surface area contributed by atoms with Crippen molar-refractivity contribution in [2.24, 2.45) is 0 Å². The van der Waals surface area contributed by atoms with Crippen LogP contribution in [-0.2, 0) is 0 Å². The van der Waals surface area contributed by atoms with Gasteiger partial charge < -0.3 is 0 Å². The van der Waals surface area contributed by atoms with Gasteiger partial charge in [0.1, 0.15) is 5.69 Å². The Morgan fingerprint density at radius 2 is 1.85 bits per heavy atom. The van der Waals surface area contributed by atoms with E-state index in [4.69, 9.17) is 0 Å². The molecule has 1 aliphatic heterocycles. The van der Waals surface area contributed by atoms with Gasteiger partial charge in [0.05, 0.1) is 4.88 Å². The average molecular weight is 280 g/mol. The van der Waals surface area contributed by atoms with Crippen LogP contribution in [0.5, 0.6) is 0 Å². The summed E-state index contributed by atoms with van der Waals surface area (Å²) < 4.78 is 1.72. The highest BCUT2D eigenvalue weighted by molar-refractivity contribution is 7.19. The molecule has 0 spiro atoms. The van der Waals surface area contributed by atoms with Crippen molar-refractivity contribution >= 4 is 16.3 Å². The molecule has 0 amide bonds. The predicted molar refractivity (Wildman–Crippen MR) is 77.0 cm³/mol. The summed E-state index contributed by atoms with van der Waals surface area (Å²) >= 11 is 1.41. The Kier molecular flexibility index (Phi) is 2.37. The van der Waals surface area contributed by atoms with Crippen molar-refractivity contribution in [1.29, 1.82) is 0 Å². The third kappa shape index (κ3) is 1.70. The van der Waals surface area contributed by atoms with E-state index in [1.807, 2.05) is 30.3 Å². The van der Waals surface area contributed by atoms with Crippen molar-refractivity contribution in [3.05, 3.63) is 58.8 Å². The fourth-order valence-corrected chi connectivity index (χ4v) is 2.93. The molecule has 0 fully saturated rings. The van der Waals surface area contributed by atoms with Gasteiger partial charge in [-0.25, -0.2) is 0 Å². The van der Waals surface area contributed by atoms with E-state index in [2.05, 4.69) is 15.3 Å². The van der Waals surface area contributed by atoms with Gasteiger partial charge in [-0.2, -0.15) is 9.61 Å². The van der Waals surface area contributed by atoms with Crippen LogP contribution in [0.15, 0.2) is 53.3 Å². The first-order valence-electron chi connectivity index (χ1n) is 6.03. The number of hydrogen-bond donors (Lipinski definition) is 0. The minimum absolute atomic E-state index is 0.0253. The van der Waals surface area contributed by atoms with Crippen LogP contribution in [0.25, 0.3) is 26.9 Å². The smallest absolute Gasteiger partial charge is 0.233 e. The van der Waals surface area contributed by atoms with Crippen LogP contribution in [-0.4, -0.2) is 19.8 Å². The topological polar surface area (TPSA) is 60.2 Å². The fraction of sp³-hybridized carbons (Fsp3) is 0. The van der Waals surface area contributed by atoms with Gasteiger partial charge in [-0.3, -0.25) is 4.79 Å². The molecule has 1 aliphatic carbocycles. The van der Waals surface area contributed by atoms with Crippen LogP contribution in [0.1, 0.15) is 0 Å². The highest BCUT2D eigenvalue weighted by Crippen LogP contribution is 2.27. The lowest BCUT2D eigenvalue weighted by molar-refractivity contribution is 0.953. The van der Waals surface area contributed by atoms with E-state index in [1.54, 1.807) is 16.6 Å². The molecule has 0 bridgehead atoms. The van der Waals surface area contributed by atoms with Crippen molar-refractivity contribution in [3.8, 4) is 22.0 Å². The van der Waals surface area contributed by atoms with Crippen LogP contribution < -0.4 is 5.43 Å². The quantitative estimate of drug-likeness (QED) is 0.537. The van der Waals surface area contributed by atoms with Crippen LogP contribution in [0.2, 0.25) is 0 Å². The van der Waals surface area contributed by atoms with Gasteiger partial charge in [0.25, 0.3) is 0 Å². The molecule has 0 saturated carbocycles. The first kappa shape index (κ1) is 11.2. The minimum atomic E-state index is -0.0253. The molecular weight excluding hydrogens is 272 g/mol. The maximum Gasteiger partial charge on any atom is 0.233 e. The van der Waals surface area contributed by atoms with Gasteiger partial charge in [-0.1, -0.05) is 41.7 Å². The van der Waals surface area contributed by atoms with Crippen molar-refractivity contribution in [2.45, 2.75) is 0 Å². The number of hydrogen-bond acceptors (Lipinski definition) is 5. The molecule has 1 aromatic heterocycles. The zero-order chi connectivity index (χ0) is 13.5. The summed E-state index contributed by atoms with van der Waals surface area (Å²) in [6, 6.07) is 14.6. The average Bonchev–Trinajstić information content (AvgIpc) is 2.88. The Morgan fingerprint density at radius 3 is 2.70 bits per heavy atom. The van der Waals surface area contributed by atoms with Crippen molar-refractivity contribution in [1.82, 2.24) is 19.8 Å². The number of aromatic nitrogens is 4. The van der Waals surface area contributed by atoms with Crippen LogP contribution in [0.3, 0.4) is 0 Å². The molecule has 2 heterocycles. The highest BCUT2D eigenvalue weighted by atomic mass is 32.1. The molecule has 1 aromatic carbocycles. The van der Waals surface area contributed by atoms with E-state index in [0.29, 0.717) is 10.8 Å². The molecule has 0 saturated heterocycles. The zero-order valence-electron chi connectivity index (χ0n) is 10.2. The molecule has 96 valence electrons. The van der Waals surface area contributed by atoms with E-state index < -0.39 is 0 Å². The molecule has 0 radical (unpaired) electrons. The third-order valence-electron chi connectivity index (χ3n) is 2.98. The summed E-state index contributed by atoms with van der Waals surface area (Å²) in [5.41, 5.74) is 1.70. The molecule has 5 nitrogen and oxygen atoms in total. The van der Waals surface area contributed by atoms with Crippen LogP contribution >= 0.6 is 11.3 Å². The molecule has 0 N–H and O–H groups in total. The van der Waals surface area contributed by atoms with Gasteiger partial charge in [-0.15, -0.1) is 10.2 Å². The summed E-state index contributed by atoms with van der Waals surface area (Å²) in [5, 5.41) is 12.9. The van der Waals surface area contributed by atoms with Crippen LogP contribution in [0.4, 0.5) is 0 Å². The monoisotopic (exact) mass is 280 g/mol. The molecule has 0 unspecified atom stereocenters. The second kappa shape index (κ2) is 4.21. The normalized spacial score (nSPS) is 11.2. The first-order valence-corrected chi connectivity index (χ1v) is 6.85. The largest absolute Gasteiger partial charge is 0.290 e. The zero-order valence-corrected chi connectivity index (χ0v) is 11.0. The molecule has 0 atom stereocenters. The van der Waals surface area contributed by atoms with Crippen molar-refractivity contribution in [2.75, 3.05) is 0 Å². The molecule has 2 aromatic rings. The maximum atomic E-state index is 11.4. The Balaban J connectivity index is 2.04. The van der Waals surface area contributed by atoms with Crippen molar-refractivity contribution in [3.63, 3.8) is 0 Å². The summed E-state index contributed by atoms with van der Waals surface area (Å²) in [6.45, 7) is 0. The van der Waals surface area contributed by atoms with Gasteiger partial charge >= 0.3 is 0 Å². The van der Waals surface area contributed by atoms with E-state index in [0.717, 1.165) is 16.1 Å². The lowest BCUT2D eigenvalue weighted by atomic mass is 10.2. The Bertz CT molecular complexity index is 929. The first-order chi connectivity index (χ1) is 9.81. The van der Waals surface area contributed by atoms with Gasteiger partial charge in [0, 0.05) is 11.6 Å². The third-order valence-corrected chi connectivity index (χ3v) is 3.97. The maximum absolute atomic E-state index is 11.4. The minimum Gasteiger partial charge on any atom is -0.290 e. The standard InChI is InChI=1S/C14H8N4OS/c19-10-6-7-11-12(8-10)20-14-16-15-13(18(14)17-11)9-4-2-1-3-5-9/h1-8H. The number of rotatable bonds is 1. The van der Waals surface area contributed by atoms with E-state index in [9.17, 15) is 4.79 Å². The van der Waals surface area contributed by atoms with Gasteiger partial charge in [0.2, 0.25) is 4.96 Å². The molecule has 2 aliphatic rings. The van der Waals surface area contributed by atoms with E-state index in [1.165, 1.54) is 17.4 Å². The van der Waals surface area contributed by atoms with Crippen molar-refractivity contribution < 1.29 is 0 Å². The molecule has 20 heavy (non-hydrogen) atoms. The Labute approximate surface area is 117 Å². The van der Waals surface area contributed by atoms with Crippen LogP contribution in [0, 0.1) is 0 Å². The summed E-state index contributed by atoms with van der Waals surface area (Å²) in [7, 11) is 0.